The van der Waals surface area contributed by atoms with Crippen molar-refractivity contribution in [1.29, 1.82) is 0 Å². The Morgan fingerprint density at radius 1 is 0.900 bits per heavy atom. The first kappa shape index (κ1) is 59.8. The topological polar surface area (TPSA) is 24.1 Å². The van der Waals surface area contributed by atoms with Crippen LogP contribution in [-0.2, 0) is 0 Å². The number of allylic oxidation sites excluding steroid dienone is 11. The van der Waals surface area contributed by atoms with Gasteiger partial charge in [-0.05, 0) is 104 Å². The van der Waals surface area contributed by atoms with Crippen LogP contribution in [0.25, 0.3) is 0 Å². The molecule has 0 spiro atoms. The smallest absolute Gasteiger partial charge is 0.0444 e. The first-order valence-electron chi connectivity index (χ1n) is 20.6. The molecule has 0 bridgehead atoms. The molecule has 50 heavy (non-hydrogen) atoms. The summed E-state index contributed by atoms with van der Waals surface area (Å²) < 4.78 is 0. The predicted octanol–water partition coefficient (Wildman–Crippen LogP) is 16.6. The van der Waals surface area contributed by atoms with Gasteiger partial charge in [-0.2, -0.15) is 0 Å². The first-order chi connectivity index (χ1) is 23.9. The summed E-state index contributed by atoms with van der Waals surface area (Å²) in [5, 5.41) is 7.71. The summed E-state index contributed by atoms with van der Waals surface area (Å²) in [4.78, 5) is 0. The van der Waals surface area contributed by atoms with Gasteiger partial charge in [-0.1, -0.05) is 169 Å². The van der Waals surface area contributed by atoms with E-state index in [0.717, 1.165) is 19.3 Å². The summed E-state index contributed by atoms with van der Waals surface area (Å²) in [7, 11) is 0. The Hall–Kier alpha value is -2.32. The van der Waals surface area contributed by atoms with Crippen molar-refractivity contribution in [3.05, 3.63) is 96.3 Å². The Bertz CT molecular complexity index is 896. The molecule has 2 nitrogen and oxygen atoms in total. The lowest BCUT2D eigenvalue weighted by molar-refractivity contribution is 0.395. The summed E-state index contributed by atoms with van der Waals surface area (Å²) in [5.74, 6) is 0. The highest BCUT2D eigenvalue weighted by molar-refractivity contribution is 5.32. The molecule has 298 valence electrons. The average molecular weight is 701 g/mol. The SMILES string of the molecule is C.C/C=C\CC=CCC.C=CC.C=CCC1=C(C)NC(CCCC2(NC3CC=C(CCCC)C=C3C)CC2)C=C1.CC.CC.CC.CC.CC.[HH]. The summed E-state index contributed by atoms with van der Waals surface area (Å²) in [5.41, 5.74) is 6.19. The number of hydrogen-bond donors (Lipinski definition) is 2. The van der Waals surface area contributed by atoms with Gasteiger partial charge < -0.3 is 10.6 Å². The zero-order chi connectivity index (χ0) is 38.9. The van der Waals surface area contributed by atoms with Crippen LogP contribution < -0.4 is 10.6 Å². The first-order valence-corrected chi connectivity index (χ1v) is 20.6. The van der Waals surface area contributed by atoms with Gasteiger partial charge in [0, 0.05) is 24.7 Å². The minimum atomic E-state index is 0. The monoisotopic (exact) mass is 701 g/mol. The molecule has 0 saturated heterocycles. The molecular weight excluding hydrogens is 605 g/mol. The lowest BCUT2D eigenvalue weighted by Gasteiger charge is -2.29. The van der Waals surface area contributed by atoms with E-state index >= 15 is 0 Å². The average Bonchev–Trinajstić information content (AvgIpc) is 3.92. The number of nitrogens with one attached hydrogen (secondary N) is 2. The number of dihydropyridines is 1. The standard InChI is InChI=1S/C26H40N2.C8H14.C3H6.5C2H6.CH4.H2/c1-5-7-10-22-12-15-25(20(3)19-22)28-26(17-18-26)16-8-11-24-14-13-23(9-6-2)21(4)27-24;1-3-5-7-8-6-4-2;1-3-2;5*1-2;;/h6,12-14,19,24-25,27-28H,2,5,7-11,15-18H2,1,3-4H3;3,5-6,8H,4,7H2,1-2H3;3H,1H2,2H3;5*1-2H3;1H4;1H/b;5-3-,8-6?;;;;;;;;. The fourth-order valence-corrected chi connectivity index (χ4v) is 5.08. The Kier molecular flexibility index (Phi) is 55.8. The third-order valence-corrected chi connectivity index (χ3v) is 7.59. The zero-order valence-electron chi connectivity index (χ0n) is 36.3. The minimum Gasteiger partial charge on any atom is -0.382 e. The van der Waals surface area contributed by atoms with Crippen LogP contribution in [0.5, 0.6) is 0 Å². The maximum Gasteiger partial charge on any atom is 0.0444 e. The van der Waals surface area contributed by atoms with Crippen molar-refractivity contribution in [2.45, 2.75) is 213 Å². The van der Waals surface area contributed by atoms with E-state index in [9.17, 15) is 0 Å². The lowest BCUT2D eigenvalue weighted by atomic mass is 9.91. The highest BCUT2D eigenvalue weighted by atomic mass is 15.1. The third-order valence-electron chi connectivity index (χ3n) is 7.59. The van der Waals surface area contributed by atoms with E-state index in [1.165, 1.54) is 74.6 Å². The van der Waals surface area contributed by atoms with Crippen LogP contribution in [0.1, 0.15) is 197 Å². The van der Waals surface area contributed by atoms with Crippen molar-refractivity contribution in [3.63, 3.8) is 0 Å². The molecule has 2 heteroatoms. The maximum atomic E-state index is 4.03. The van der Waals surface area contributed by atoms with Crippen LogP contribution in [0, 0.1) is 0 Å². The van der Waals surface area contributed by atoms with Crippen molar-refractivity contribution in [2.75, 3.05) is 0 Å². The van der Waals surface area contributed by atoms with Gasteiger partial charge in [0.25, 0.3) is 0 Å². The maximum absolute atomic E-state index is 4.03. The molecule has 0 aromatic heterocycles. The Morgan fingerprint density at radius 3 is 1.92 bits per heavy atom. The van der Waals surface area contributed by atoms with Crippen LogP contribution in [-0.4, -0.2) is 17.6 Å². The van der Waals surface area contributed by atoms with E-state index in [-0.39, 0.29) is 8.85 Å². The molecular formula is C48H96N2. The van der Waals surface area contributed by atoms with E-state index in [2.05, 4.69) is 100 Å². The molecule has 0 radical (unpaired) electrons. The molecule has 2 unspecified atom stereocenters. The van der Waals surface area contributed by atoms with Crippen LogP contribution in [0.3, 0.4) is 0 Å². The van der Waals surface area contributed by atoms with E-state index < -0.39 is 0 Å². The van der Waals surface area contributed by atoms with Gasteiger partial charge in [-0.15, -0.1) is 13.2 Å². The van der Waals surface area contributed by atoms with E-state index in [1.54, 1.807) is 11.6 Å². The molecule has 3 rings (SSSR count). The van der Waals surface area contributed by atoms with Crippen molar-refractivity contribution in [2.24, 2.45) is 0 Å². The molecule has 0 amide bonds. The van der Waals surface area contributed by atoms with E-state index in [4.69, 9.17) is 0 Å². The highest BCUT2D eigenvalue weighted by Crippen LogP contribution is 2.42. The van der Waals surface area contributed by atoms with Gasteiger partial charge >= 0.3 is 0 Å². The summed E-state index contributed by atoms with van der Waals surface area (Å²) in [6, 6.07) is 1.04. The van der Waals surface area contributed by atoms with Gasteiger partial charge in [-0.25, -0.2) is 0 Å². The van der Waals surface area contributed by atoms with Crippen molar-refractivity contribution in [3.8, 4) is 0 Å². The van der Waals surface area contributed by atoms with Crippen molar-refractivity contribution < 1.29 is 1.43 Å². The quantitative estimate of drug-likeness (QED) is 0.176. The second-order valence-electron chi connectivity index (χ2n) is 11.2. The number of unbranched alkanes of at least 4 members (excludes halogenated alkanes) is 1. The predicted molar refractivity (Wildman–Crippen MR) is 243 cm³/mol. The summed E-state index contributed by atoms with van der Waals surface area (Å²) in [6.07, 6.45) is 36.6. The fourth-order valence-electron chi connectivity index (χ4n) is 5.08. The second-order valence-corrected chi connectivity index (χ2v) is 11.2. The van der Waals surface area contributed by atoms with Crippen molar-refractivity contribution in [1.82, 2.24) is 10.6 Å². The molecule has 1 heterocycles. The molecule has 0 aromatic carbocycles. The van der Waals surface area contributed by atoms with E-state index in [0.29, 0.717) is 17.6 Å². The van der Waals surface area contributed by atoms with Gasteiger partial charge in [0.2, 0.25) is 0 Å². The molecule has 3 aliphatic rings. The van der Waals surface area contributed by atoms with Crippen LogP contribution in [0.15, 0.2) is 96.3 Å². The third kappa shape index (κ3) is 32.9. The highest BCUT2D eigenvalue weighted by Gasteiger charge is 2.43. The molecule has 1 saturated carbocycles. The molecule has 0 aromatic rings. The Balaban J connectivity index is -0.000000142. The molecule has 1 fully saturated rings. The molecule has 1 aliphatic heterocycles. The molecule has 2 aliphatic carbocycles. The lowest BCUT2D eigenvalue weighted by Crippen LogP contribution is -2.41. The zero-order valence-corrected chi connectivity index (χ0v) is 36.3. The van der Waals surface area contributed by atoms with Crippen molar-refractivity contribution >= 4 is 0 Å². The fraction of sp³-hybridized carbons (Fsp3) is 0.667. The van der Waals surface area contributed by atoms with Crippen LogP contribution in [0.4, 0.5) is 0 Å². The van der Waals surface area contributed by atoms with Gasteiger partial charge in [0.05, 0.1) is 0 Å². The summed E-state index contributed by atoms with van der Waals surface area (Å²) in [6.45, 7) is 40.1. The number of hydrogen-bond acceptors (Lipinski definition) is 2. The summed E-state index contributed by atoms with van der Waals surface area (Å²) >= 11 is 0. The van der Waals surface area contributed by atoms with Crippen LogP contribution in [0.2, 0.25) is 0 Å². The minimum absolute atomic E-state index is 0. The largest absolute Gasteiger partial charge is 0.382 e. The van der Waals surface area contributed by atoms with E-state index in [1.807, 2.05) is 89.2 Å². The van der Waals surface area contributed by atoms with Gasteiger partial charge in [-0.3, -0.25) is 0 Å². The Labute approximate surface area is 320 Å². The van der Waals surface area contributed by atoms with Gasteiger partial charge in [0.1, 0.15) is 0 Å². The van der Waals surface area contributed by atoms with Crippen LogP contribution >= 0.6 is 0 Å². The Morgan fingerprint density at radius 2 is 1.48 bits per heavy atom. The molecule has 2 atom stereocenters. The molecule has 2 N–H and O–H groups in total. The van der Waals surface area contributed by atoms with Gasteiger partial charge in [0.15, 0.2) is 0 Å². The number of rotatable bonds is 14. The normalized spacial score (nSPS) is 17.2. The second kappa shape index (κ2) is 46.7.